The second-order valence-electron chi connectivity index (χ2n) is 11.0. The number of H-pyrrole nitrogens is 1. The molecule has 5 heteroatoms. The van der Waals surface area contributed by atoms with E-state index in [1.807, 2.05) is 0 Å². The smallest absolute Gasteiger partial charge is 0.0935 e. The van der Waals surface area contributed by atoms with Crippen LogP contribution in [0.4, 0.5) is 4.39 Å². The standard InChI is InChI=1S/C23H25N3.C7H14FN/c1-2-15-7-8-20(24-14-15)22-21-18(17-5-3-4-6-19(17)25-21)10-12-26(22)23-11-9-16(23)13-23;8-4-3-7-9-5-1-2-6-9/h3-8,14,16,22,25H,2,9-13H2,1H3;1-7H2. The number of aromatic nitrogens is 2. The van der Waals surface area contributed by atoms with Gasteiger partial charge in [0.2, 0.25) is 0 Å². The molecule has 4 nitrogen and oxygen atoms in total. The van der Waals surface area contributed by atoms with Crippen molar-refractivity contribution < 1.29 is 4.39 Å². The number of rotatable bonds is 6. The summed E-state index contributed by atoms with van der Waals surface area (Å²) in [6, 6.07) is 13.6. The van der Waals surface area contributed by atoms with Crippen LogP contribution >= 0.6 is 0 Å². The molecule has 3 unspecified atom stereocenters. The minimum absolute atomic E-state index is 0.156. The largest absolute Gasteiger partial charge is 0.357 e. The number of benzene rings is 1. The fraction of sp³-hybridized carbons (Fsp3) is 0.567. The molecule has 0 spiro atoms. The molecular weight excluding hydrogens is 435 g/mol. The maximum atomic E-state index is 11.6. The number of likely N-dealkylation sites (tertiary alicyclic amines) is 1. The van der Waals surface area contributed by atoms with Crippen LogP contribution in [-0.2, 0) is 12.8 Å². The van der Waals surface area contributed by atoms with E-state index in [1.54, 1.807) is 0 Å². The fourth-order valence-corrected chi connectivity index (χ4v) is 6.87. The van der Waals surface area contributed by atoms with Gasteiger partial charge in [0.15, 0.2) is 0 Å². The van der Waals surface area contributed by atoms with Crippen LogP contribution in [0.1, 0.15) is 74.0 Å². The zero-order valence-corrected chi connectivity index (χ0v) is 21.1. The Morgan fingerprint density at radius 2 is 1.97 bits per heavy atom. The number of hydrogen-bond acceptors (Lipinski definition) is 3. The van der Waals surface area contributed by atoms with Gasteiger partial charge in [-0.05, 0) is 93.6 Å². The average Bonchev–Trinajstić information content (AvgIpc) is 3.30. The Hall–Kier alpha value is -2.24. The summed E-state index contributed by atoms with van der Waals surface area (Å²) >= 11 is 0. The van der Waals surface area contributed by atoms with Crippen molar-refractivity contribution >= 4 is 10.9 Å². The highest BCUT2D eigenvalue weighted by Gasteiger charge is 2.66. The van der Waals surface area contributed by atoms with E-state index >= 15 is 0 Å². The molecule has 3 aromatic rings. The van der Waals surface area contributed by atoms with Crippen molar-refractivity contribution in [2.75, 3.05) is 32.9 Å². The van der Waals surface area contributed by atoms with Gasteiger partial charge in [0.05, 0.1) is 18.4 Å². The predicted octanol–water partition coefficient (Wildman–Crippen LogP) is 6.07. The summed E-state index contributed by atoms with van der Waals surface area (Å²) in [5, 5.41) is 1.40. The van der Waals surface area contributed by atoms with Crippen LogP contribution in [0.3, 0.4) is 0 Å². The third-order valence-electron chi connectivity index (χ3n) is 9.07. The van der Waals surface area contributed by atoms with Gasteiger partial charge in [-0.3, -0.25) is 14.3 Å². The minimum atomic E-state index is -0.156. The summed E-state index contributed by atoms with van der Waals surface area (Å²) < 4.78 is 11.6. The van der Waals surface area contributed by atoms with Gasteiger partial charge in [-0.15, -0.1) is 0 Å². The van der Waals surface area contributed by atoms with Crippen LogP contribution < -0.4 is 0 Å². The van der Waals surface area contributed by atoms with E-state index in [9.17, 15) is 4.39 Å². The van der Waals surface area contributed by atoms with Crippen LogP contribution in [0, 0.1) is 5.92 Å². The number of nitrogens with one attached hydrogen (secondary N) is 1. The third-order valence-corrected chi connectivity index (χ3v) is 9.07. The molecule has 0 bridgehead atoms. The van der Waals surface area contributed by atoms with E-state index in [-0.39, 0.29) is 12.7 Å². The summed E-state index contributed by atoms with van der Waals surface area (Å²) in [5.74, 6) is 0.936. The fourth-order valence-electron chi connectivity index (χ4n) is 6.87. The van der Waals surface area contributed by atoms with Gasteiger partial charge in [0.25, 0.3) is 0 Å². The van der Waals surface area contributed by atoms with Crippen molar-refractivity contribution in [3.05, 3.63) is 65.1 Å². The molecule has 4 aliphatic rings. The topological polar surface area (TPSA) is 35.2 Å². The number of aryl methyl sites for hydroxylation is 1. The number of hydrogen-bond donors (Lipinski definition) is 1. The van der Waals surface area contributed by atoms with Crippen LogP contribution in [0.15, 0.2) is 42.6 Å². The van der Waals surface area contributed by atoms with Crippen molar-refractivity contribution in [3.8, 4) is 0 Å². The first-order valence-corrected chi connectivity index (χ1v) is 13.8. The van der Waals surface area contributed by atoms with Crippen molar-refractivity contribution in [3.63, 3.8) is 0 Å². The van der Waals surface area contributed by atoms with Crippen molar-refractivity contribution in [1.82, 2.24) is 19.8 Å². The Labute approximate surface area is 208 Å². The van der Waals surface area contributed by atoms with Gasteiger partial charge in [0, 0.05) is 41.4 Å². The molecule has 0 amide bonds. The summed E-state index contributed by atoms with van der Waals surface area (Å²) in [6.07, 6.45) is 11.8. The maximum absolute atomic E-state index is 11.6. The lowest BCUT2D eigenvalue weighted by Gasteiger charge is -2.45. The number of pyridine rings is 1. The van der Waals surface area contributed by atoms with E-state index in [0.29, 0.717) is 5.54 Å². The van der Waals surface area contributed by atoms with Crippen molar-refractivity contribution in [2.24, 2.45) is 5.92 Å². The first-order chi connectivity index (χ1) is 17.2. The van der Waals surface area contributed by atoms with Crippen molar-refractivity contribution in [2.45, 2.75) is 69.9 Å². The second kappa shape index (κ2) is 9.67. The molecule has 2 aliphatic carbocycles. The number of fused-ring (bicyclic) bond motifs is 4. The summed E-state index contributed by atoms with van der Waals surface area (Å²) in [5.41, 5.74) is 7.18. The molecular formula is C30H39FN4. The highest BCUT2D eigenvalue weighted by Crippen LogP contribution is 2.66. The van der Waals surface area contributed by atoms with Gasteiger partial charge in [0.1, 0.15) is 0 Å². The predicted molar refractivity (Wildman–Crippen MR) is 141 cm³/mol. The Morgan fingerprint density at radius 3 is 2.63 bits per heavy atom. The quantitative estimate of drug-likeness (QED) is 0.471. The van der Waals surface area contributed by atoms with Crippen LogP contribution in [0.5, 0.6) is 0 Å². The van der Waals surface area contributed by atoms with Crippen molar-refractivity contribution in [1.29, 1.82) is 0 Å². The van der Waals surface area contributed by atoms with Crippen LogP contribution in [-0.4, -0.2) is 58.2 Å². The Bertz CT molecular complexity index is 1140. The van der Waals surface area contributed by atoms with Crippen LogP contribution in [0.25, 0.3) is 10.9 Å². The highest BCUT2D eigenvalue weighted by molar-refractivity contribution is 5.85. The Balaban J connectivity index is 0.000000217. The summed E-state index contributed by atoms with van der Waals surface area (Å²) in [7, 11) is 0. The summed E-state index contributed by atoms with van der Waals surface area (Å²) in [6.45, 7) is 6.56. The molecule has 7 rings (SSSR count). The second-order valence-corrected chi connectivity index (χ2v) is 11.0. The molecule has 4 heterocycles. The van der Waals surface area contributed by atoms with Gasteiger partial charge in [-0.1, -0.05) is 31.2 Å². The first kappa shape index (κ1) is 23.2. The number of aromatic amines is 1. The third kappa shape index (κ3) is 4.21. The highest BCUT2D eigenvalue weighted by atomic mass is 19.1. The molecule has 2 aliphatic heterocycles. The molecule has 2 aromatic heterocycles. The SMILES string of the molecule is CCc1ccc(C2c3[nH]c4ccccc4c3CCN2C23CCC2C3)nc1.FCCCN1CCCC1. The number of halogens is 1. The molecule has 35 heavy (non-hydrogen) atoms. The average molecular weight is 475 g/mol. The normalized spacial score (nSPS) is 27.6. The van der Waals surface area contributed by atoms with E-state index in [0.717, 1.165) is 38.3 Å². The first-order valence-electron chi connectivity index (χ1n) is 13.8. The number of alkyl halides is 1. The van der Waals surface area contributed by atoms with Gasteiger partial charge >= 0.3 is 0 Å². The zero-order valence-electron chi connectivity index (χ0n) is 21.1. The Morgan fingerprint density at radius 1 is 1.11 bits per heavy atom. The lowest BCUT2D eigenvalue weighted by atomic mass is 9.85. The monoisotopic (exact) mass is 474 g/mol. The molecule has 1 N–H and O–H groups in total. The zero-order chi connectivity index (χ0) is 23.8. The number of nitrogens with zero attached hydrogens (tertiary/aromatic N) is 3. The lowest BCUT2D eigenvalue weighted by Crippen LogP contribution is -2.49. The maximum Gasteiger partial charge on any atom is 0.0935 e. The van der Waals surface area contributed by atoms with Gasteiger partial charge < -0.3 is 9.88 Å². The van der Waals surface area contributed by atoms with E-state index in [1.165, 1.54) is 78.6 Å². The molecule has 0 radical (unpaired) electrons. The molecule has 1 aromatic carbocycles. The van der Waals surface area contributed by atoms with E-state index in [4.69, 9.17) is 4.98 Å². The molecule has 1 saturated heterocycles. The van der Waals surface area contributed by atoms with E-state index in [2.05, 4.69) is 64.3 Å². The Kier molecular flexibility index (Phi) is 6.40. The lowest BCUT2D eigenvalue weighted by molar-refractivity contribution is 0.0674. The van der Waals surface area contributed by atoms with Crippen LogP contribution in [0.2, 0.25) is 0 Å². The molecule has 186 valence electrons. The number of para-hydroxylation sites is 1. The summed E-state index contributed by atoms with van der Waals surface area (Å²) in [4.78, 5) is 13.8. The van der Waals surface area contributed by atoms with Gasteiger partial charge in [-0.25, -0.2) is 0 Å². The minimum Gasteiger partial charge on any atom is -0.357 e. The molecule has 2 saturated carbocycles. The van der Waals surface area contributed by atoms with Gasteiger partial charge in [-0.2, -0.15) is 0 Å². The van der Waals surface area contributed by atoms with E-state index < -0.39 is 0 Å². The molecule has 3 atom stereocenters. The molecule has 3 fully saturated rings.